The van der Waals surface area contributed by atoms with E-state index in [2.05, 4.69) is 29.4 Å². The molecule has 0 bridgehead atoms. The van der Waals surface area contributed by atoms with Crippen molar-refractivity contribution in [3.05, 3.63) is 65.0 Å². The zero-order valence-electron chi connectivity index (χ0n) is 19.1. The van der Waals surface area contributed by atoms with Crippen LogP contribution in [-0.2, 0) is 17.8 Å². The molecule has 33 heavy (non-hydrogen) atoms. The Labute approximate surface area is 193 Å². The lowest BCUT2D eigenvalue weighted by atomic mass is 10.0. The summed E-state index contributed by atoms with van der Waals surface area (Å²) in [6.07, 6.45) is 0.910. The Morgan fingerprint density at radius 2 is 1.76 bits per heavy atom. The van der Waals surface area contributed by atoms with Crippen molar-refractivity contribution in [3.63, 3.8) is 0 Å². The van der Waals surface area contributed by atoms with Crippen LogP contribution in [0.2, 0.25) is 0 Å². The number of urea groups is 1. The smallest absolute Gasteiger partial charge is 0.322 e. The standard InChI is InChI=1S/C25H31FN4O3/c1-3-17(2)23(29-10-12-33-13-11-29)28-24(31)18-5-8-22(9-6-18)27-25(32)30-15-19-4-7-21(26)14-20(19)16-30/h4-9,14,17,23H,3,10-13,15-16H2,1-2H3,(H,27,32)(H,28,31). The number of fused-ring (bicyclic) bond motifs is 1. The van der Waals surface area contributed by atoms with Crippen LogP contribution in [0.1, 0.15) is 41.8 Å². The first-order chi connectivity index (χ1) is 15.9. The monoisotopic (exact) mass is 454 g/mol. The molecule has 4 rings (SSSR count). The van der Waals surface area contributed by atoms with E-state index in [1.54, 1.807) is 35.2 Å². The normalized spacial score (nSPS) is 17.8. The van der Waals surface area contributed by atoms with Crippen LogP contribution in [0.5, 0.6) is 0 Å². The van der Waals surface area contributed by atoms with Crippen LogP contribution in [0.15, 0.2) is 42.5 Å². The van der Waals surface area contributed by atoms with Crippen LogP contribution < -0.4 is 10.6 Å². The summed E-state index contributed by atoms with van der Waals surface area (Å²) in [6, 6.07) is 11.2. The molecule has 0 saturated carbocycles. The largest absolute Gasteiger partial charge is 0.379 e. The molecule has 2 aliphatic rings. The first-order valence-electron chi connectivity index (χ1n) is 11.5. The van der Waals surface area contributed by atoms with Gasteiger partial charge >= 0.3 is 6.03 Å². The number of hydrogen-bond donors (Lipinski definition) is 2. The average molecular weight is 455 g/mol. The van der Waals surface area contributed by atoms with Gasteiger partial charge in [0.15, 0.2) is 0 Å². The molecule has 1 saturated heterocycles. The van der Waals surface area contributed by atoms with Crippen molar-refractivity contribution < 1.29 is 18.7 Å². The molecule has 8 heteroatoms. The van der Waals surface area contributed by atoms with Crippen LogP contribution in [0.4, 0.5) is 14.9 Å². The number of carbonyl (C=O) groups excluding carboxylic acids is 2. The zero-order valence-corrected chi connectivity index (χ0v) is 19.1. The highest BCUT2D eigenvalue weighted by Crippen LogP contribution is 2.24. The molecule has 0 aromatic heterocycles. The van der Waals surface area contributed by atoms with Crippen LogP contribution >= 0.6 is 0 Å². The minimum atomic E-state index is -0.297. The van der Waals surface area contributed by atoms with E-state index in [9.17, 15) is 14.0 Å². The summed E-state index contributed by atoms with van der Waals surface area (Å²) in [5.41, 5.74) is 2.92. The van der Waals surface area contributed by atoms with Crippen LogP contribution in [-0.4, -0.2) is 54.2 Å². The molecule has 2 unspecified atom stereocenters. The summed E-state index contributed by atoms with van der Waals surface area (Å²) in [7, 11) is 0. The molecule has 2 heterocycles. The van der Waals surface area contributed by atoms with Gasteiger partial charge in [-0.15, -0.1) is 0 Å². The fraction of sp³-hybridized carbons (Fsp3) is 0.440. The van der Waals surface area contributed by atoms with E-state index in [1.165, 1.54) is 12.1 Å². The van der Waals surface area contributed by atoms with E-state index >= 15 is 0 Å². The quantitative estimate of drug-likeness (QED) is 0.696. The molecule has 1 fully saturated rings. The van der Waals surface area contributed by atoms with Gasteiger partial charge in [0.05, 0.1) is 19.4 Å². The topological polar surface area (TPSA) is 73.9 Å². The Morgan fingerprint density at radius 3 is 2.45 bits per heavy atom. The van der Waals surface area contributed by atoms with Crippen molar-refractivity contribution in [2.45, 2.75) is 39.5 Å². The lowest BCUT2D eigenvalue weighted by Gasteiger charge is -2.38. The van der Waals surface area contributed by atoms with Crippen LogP contribution in [0, 0.1) is 11.7 Å². The summed E-state index contributed by atoms with van der Waals surface area (Å²) in [5, 5.41) is 6.04. The van der Waals surface area contributed by atoms with Gasteiger partial charge in [-0.2, -0.15) is 0 Å². The third-order valence-corrected chi connectivity index (χ3v) is 6.48. The van der Waals surface area contributed by atoms with Gasteiger partial charge < -0.3 is 20.3 Å². The van der Waals surface area contributed by atoms with Gasteiger partial charge in [0.1, 0.15) is 5.82 Å². The number of hydrogen-bond acceptors (Lipinski definition) is 4. The second kappa shape index (κ2) is 10.3. The Balaban J connectivity index is 1.35. The van der Waals surface area contributed by atoms with Crippen molar-refractivity contribution in [1.29, 1.82) is 0 Å². The van der Waals surface area contributed by atoms with Gasteiger partial charge in [-0.05, 0) is 53.4 Å². The van der Waals surface area contributed by atoms with E-state index in [1.807, 2.05) is 0 Å². The number of anilines is 1. The SMILES string of the molecule is CCC(C)C(NC(=O)c1ccc(NC(=O)N2Cc3ccc(F)cc3C2)cc1)N1CCOCC1. The van der Waals surface area contributed by atoms with Gasteiger partial charge in [0.25, 0.3) is 5.91 Å². The Bertz CT molecular complexity index is 992. The minimum Gasteiger partial charge on any atom is -0.379 e. The number of morpholine rings is 1. The lowest BCUT2D eigenvalue weighted by molar-refractivity contribution is -0.00446. The number of amides is 3. The second-order valence-electron chi connectivity index (χ2n) is 8.73. The Hall–Kier alpha value is -2.97. The number of benzene rings is 2. The van der Waals surface area contributed by atoms with Crippen LogP contribution in [0.25, 0.3) is 0 Å². The van der Waals surface area contributed by atoms with Gasteiger partial charge in [0.2, 0.25) is 0 Å². The molecular weight excluding hydrogens is 423 g/mol. The van der Waals surface area contributed by atoms with E-state index in [4.69, 9.17) is 4.74 Å². The third kappa shape index (κ3) is 5.51. The van der Waals surface area contributed by atoms with Crippen molar-refractivity contribution >= 4 is 17.6 Å². The average Bonchev–Trinajstić information content (AvgIpc) is 3.26. The van der Waals surface area contributed by atoms with E-state index in [-0.39, 0.29) is 23.9 Å². The first kappa shape index (κ1) is 23.2. The van der Waals surface area contributed by atoms with Gasteiger partial charge in [-0.25, -0.2) is 9.18 Å². The zero-order chi connectivity index (χ0) is 23.4. The molecule has 2 aromatic carbocycles. The number of rotatable bonds is 6. The van der Waals surface area contributed by atoms with Crippen molar-refractivity contribution in [2.75, 3.05) is 31.6 Å². The molecule has 2 aromatic rings. The number of ether oxygens (including phenoxy) is 1. The summed E-state index contributed by atoms with van der Waals surface area (Å²) in [5.74, 6) is -0.126. The molecule has 2 N–H and O–H groups in total. The molecule has 0 spiro atoms. The van der Waals surface area contributed by atoms with Crippen LogP contribution in [0.3, 0.4) is 0 Å². The molecular formula is C25H31FN4O3. The van der Waals surface area contributed by atoms with E-state index in [0.717, 1.165) is 30.6 Å². The predicted molar refractivity (Wildman–Crippen MR) is 124 cm³/mol. The minimum absolute atomic E-state index is 0.0487. The number of carbonyl (C=O) groups is 2. The second-order valence-corrected chi connectivity index (χ2v) is 8.73. The molecule has 0 radical (unpaired) electrons. The Kier molecular flexibility index (Phi) is 7.25. The van der Waals surface area contributed by atoms with Crippen molar-refractivity contribution in [1.82, 2.24) is 15.1 Å². The molecule has 176 valence electrons. The highest BCUT2D eigenvalue weighted by molar-refractivity contribution is 5.95. The van der Waals surface area contributed by atoms with E-state index < -0.39 is 0 Å². The fourth-order valence-corrected chi connectivity index (χ4v) is 4.30. The lowest BCUT2D eigenvalue weighted by Crippen LogP contribution is -2.55. The maximum atomic E-state index is 13.4. The maximum Gasteiger partial charge on any atom is 0.322 e. The predicted octanol–water partition coefficient (Wildman–Crippen LogP) is 3.81. The van der Waals surface area contributed by atoms with Crippen molar-refractivity contribution in [2.24, 2.45) is 5.92 Å². The molecule has 2 atom stereocenters. The summed E-state index contributed by atoms with van der Waals surface area (Å²) >= 11 is 0. The number of nitrogens with zero attached hydrogens (tertiary/aromatic N) is 2. The summed E-state index contributed by atoms with van der Waals surface area (Å²) in [4.78, 5) is 29.5. The molecule has 3 amide bonds. The molecule has 0 aliphatic carbocycles. The summed E-state index contributed by atoms with van der Waals surface area (Å²) in [6.45, 7) is 8.03. The third-order valence-electron chi connectivity index (χ3n) is 6.48. The maximum absolute atomic E-state index is 13.4. The van der Waals surface area contributed by atoms with Gasteiger partial charge in [0, 0.05) is 37.4 Å². The Morgan fingerprint density at radius 1 is 1.06 bits per heavy atom. The first-order valence-corrected chi connectivity index (χ1v) is 11.5. The number of nitrogens with one attached hydrogen (secondary N) is 2. The number of halogens is 1. The fourth-order valence-electron chi connectivity index (χ4n) is 4.30. The van der Waals surface area contributed by atoms with Gasteiger partial charge in [-0.1, -0.05) is 26.3 Å². The molecule has 2 aliphatic heterocycles. The highest BCUT2D eigenvalue weighted by atomic mass is 19.1. The summed E-state index contributed by atoms with van der Waals surface area (Å²) < 4.78 is 18.9. The molecule has 7 nitrogen and oxygen atoms in total. The highest BCUT2D eigenvalue weighted by Gasteiger charge is 2.27. The van der Waals surface area contributed by atoms with Gasteiger partial charge in [-0.3, -0.25) is 9.69 Å². The van der Waals surface area contributed by atoms with Crippen molar-refractivity contribution in [3.8, 4) is 0 Å². The van der Waals surface area contributed by atoms with E-state index in [0.29, 0.717) is 43.5 Å².